The van der Waals surface area contributed by atoms with E-state index in [0.717, 1.165) is 0 Å². The number of esters is 1. The van der Waals surface area contributed by atoms with Gasteiger partial charge in [0.2, 0.25) is 8.53 Å². The predicted octanol–water partition coefficient (Wildman–Crippen LogP) is 2.93. The van der Waals surface area contributed by atoms with Crippen molar-refractivity contribution in [3.05, 3.63) is 82.9 Å². The van der Waals surface area contributed by atoms with Gasteiger partial charge in [0.25, 0.3) is 10.5 Å². The maximum absolute atomic E-state index is 12.5. The normalized spacial score (nSPS) is 15.6. The highest BCUT2D eigenvalue weighted by molar-refractivity contribution is 7.44. The number of aromatic hydroxyl groups is 2. The first kappa shape index (κ1) is 20.3. The van der Waals surface area contributed by atoms with Gasteiger partial charge in [0.1, 0.15) is 23.0 Å². The van der Waals surface area contributed by atoms with Gasteiger partial charge in [-0.1, -0.05) is 18.2 Å². The fourth-order valence-corrected chi connectivity index (χ4v) is 3.65. The largest absolute Gasteiger partial charge is 0.508 e. The van der Waals surface area contributed by atoms with Crippen LogP contribution in [0.1, 0.15) is 27.0 Å². The zero-order valence-electron chi connectivity index (χ0n) is 15.3. The first-order valence-electron chi connectivity index (χ1n) is 8.62. The minimum Gasteiger partial charge on any atom is -0.508 e. The molecule has 151 valence electrons. The molecule has 5 N–H and O–H groups in total. The molecule has 1 atom stereocenters. The summed E-state index contributed by atoms with van der Waals surface area (Å²) in [6.07, 6.45) is 0. The number of hydrogen-bond acceptors (Lipinski definition) is 8. The summed E-state index contributed by atoms with van der Waals surface area (Å²) in [7, 11) is 0.824. The Morgan fingerprint density at radius 3 is 2.00 bits per heavy atom. The molecule has 0 bridgehead atoms. The summed E-state index contributed by atoms with van der Waals surface area (Å²) < 4.78 is 15.7. The summed E-state index contributed by atoms with van der Waals surface area (Å²) in [6, 6.07) is 16.6. The topological polar surface area (TPSA) is 131 Å². The van der Waals surface area contributed by atoms with E-state index in [1.807, 2.05) is 12.1 Å². The fraction of sp³-hybridized carbons (Fsp3) is 0.0500. The van der Waals surface area contributed by atoms with E-state index in [1.54, 1.807) is 24.3 Å². The van der Waals surface area contributed by atoms with E-state index in [-0.39, 0.29) is 11.5 Å². The molecule has 3 aromatic rings. The molecule has 0 aliphatic carbocycles. The van der Waals surface area contributed by atoms with Crippen molar-refractivity contribution in [1.82, 2.24) is 0 Å². The Kier molecular flexibility index (Phi) is 5.23. The van der Waals surface area contributed by atoms with Gasteiger partial charge in [-0.25, -0.2) is 4.79 Å². The second kappa shape index (κ2) is 7.71. The molecule has 0 saturated carbocycles. The molecule has 3 radical (unpaired) electrons. The first-order valence-corrected chi connectivity index (χ1v) is 10.3. The molecule has 30 heavy (non-hydrogen) atoms. The summed E-state index contributed by atoms with van der Waals surface area (Å²) in [5, 5.41) is 19.7. The van der Waals surface area contributed by atoms with Crippen LogP contribution >= 0.6 is 8.53 Å². The molecule has 2 aliphatic rings. The number of phenolic OH excluding ortho intramolecular Hbond substituents is 2. The van der Waals surface area contributed by atoms with Crippen molar-refractivity contribution in [1.29, 1.82) is 0 Å². The van der Waals surface area contributed by atoms with Crippen molar-refractivity contribution in [2.45, 2.75) is 5.60 Å². The van der Waals surface area contributed by atoms with Crippen molar-refractivity contribution in [2.24, 2.45) is 5.50 Å². The number of benzene rings is 3. The third-order valence-corrected chi connectivity index (χ3v) is 5.52. The van der Waals surface area contributed by atoms with E-state index in [9.17, 15) is 15.0 Å². The Hall–Kier alpha value is -2.94. The third-order valence-electron chi connectivity index (χ3n) is 4.77. The lowest BCUT2D eigenvalue weighted by molar-refractivity contribution is 0.0224. The van der Waals surface area contributed by atoms with Gasteiger partial charge in [-0.15, -0.1) is 0 Å². The standard InChI is InChI=1S/C20H12O5.H3NO2PSi/c21-11-5-7-15-17(9-11)24-18-10-12(22)6-8-16(18)20(15)14-4-2-1-3-13(14)19(23)25-20;1-4(2)3-5/h1-10,21-22H;2H,1H2. The Bertz CT molecular complexity index is 1090. The summed E-state index contributed by atoms with van der Waals surface area (Å²) in [6.45, 7) is 0. The lowest BCUT2D eigenvalue weighted by atomic mass is 9.77. The molecule has 0 aromatic heterocycles. The summed E-state index contributed by atoms with van der Waals surface area (Å²) in [4.78, 5) is 20.5. The van der Waals surface area contributed by atoms with Crippen LogP contribution in [-0.4, -0.2) is 31.6 Å². The van der Waals surface area contributed by atoms with Gasteiger partial charge in [0.15, 0.2) is 5.60 Å². The Labute approximate surface area is 176 Å². The molecule has 5 rings (SSSR count). The highest BCUT2D eigenvalue weighted by Gasteiger charge is 2.53. The van der Waals surface area contributed by atoms with Crippen LogP contribution in [0, 0.1) is 0 Å². The number of hydrogen-bond donors (Lipinski definition) is 4. The predicted molar refractivity (Wildman–Crippen MR) is 108 cm³/mol. The number of phenols is 2. The van der Waals surface area contributed by atoms with Gasteiger partial charge in [0, 0.05) is 28.8 Å². The number of carbonyl (C=O) groups is 1. The fourth-order valence-electron chi connectivity index (χ4n) is 3.65. The van der Waals surface area contributed by atoms with Crippen LogP contribution in [-0.2, 0) is 14.6 Å². The number of nitrogens with two attached hydrogens (primary N) is 1. The molecule has 10 heteroatoms. The van der Waals surface area contributed by atoms with Gasteiger partial charge in [-0.2, -0.15) is 0 Å². The molecular weight excluding hydrogens is 425 g/mol. The van der Waals surface area contributed by atoms with Crippen LogP contribution in [0.25, 0.3) is 0 Å². The van der Waals surface area contributed by atoms with Crippen LogP contribution in [0.2, 0.25) is 0 Å². The van der Waals surface area contributed by atoms with E-state index in [0.29, 0.717) is 33.8 Å². The second-order valence-electron chi connectivity index (χ2n) is 6.47. The van der Waals surface area contributed by atoms with Crippen molar-refractivity contribution in [2.75, 3.05) is 0 Å². The average Bonchev–Trinajstić information content (AvgIpc) is 3.01. The van der Waals surface area contributed by atoms with Crippen LogP contribution in [0.4, 0.5) is 0 Å². The highest BCUT2D eigenvalue weighted by atomic mass is 31.2. The van der Waals surface area contributed by atoms with Crippen molar-refractivity contribution in [3.8, 4) is 23.0 Å². The van der Waals surface area contributed by atoms with Gasteiger partial charge in [-0.05, 0) is 30.3 Å². The first-order chi connectivity index (χ1) is 14.4. The summed E-state index contributed by atoms with van der Waals surface area (Å²) >= 11 is 0. The minimum atomic E-state index is -1.68. The Balaban J connectivity index is 0.000000393. The SMILES string of the molecule is NP(O)O[Si].O=C1OC2(c3ccc(O)cc3Oc3cc(O)ccc32)c2ccccc21. The van der Waals surface area contributed by atoms with E-state index >= 15 is 0 Å². The van der Waals surface area contributed by atoms with Gasteiger partial charge < -0.3 is 28.8 Å². The number of fused-ring (bicyclic) bond motifs is 6. The van der Waals surface area contributed by atoms with E-state index < -0.39 is 20.1 Å². The lowest BCUT2D eigenvalue weighted by Crippen LogP contribution is -2.32. The van der Waals surface area contributed by atoms with Gasteiger partial charge >= 0.3 is 5.97 Å². The monoisotopic (exact) mass is 440 g/mol. The molecule has 8 nitrogen and oxygen atoms in total. The minimum absolute atomic E-state index is 0.0371. The van der Waals surface area contributed by atoms with Crippen LogP contribution in [0.15, 0.2) is 60.7 Å². The van der Waals surface area contributed by atoms with Gasteiger partial charge in [0.05, 0.1) is 5.56 Å². The molecule has 0 amide bonds. The summed E-state index contributed by atoms with van der Waals surface area (Å²) in [5.74, 6) is 0.408. The maximum atomic E-state index is 12.5. The zero-order valence-corrected chi connectivity index (χ0v) is 17.2. The molecule has 2 heterocycles. The smallest absolute Gasteiger partial charge is 0.340 e. The van der Waals surface area contributed by atoms with Crippen LogP contribution in [0.5, 0.6) is 23.0 Å². The van der Waals surface area contributed by atoms with Crippen molar-refractivity contribution < 1.29 is 33.6 Å². The van der Waals surface area contributed by atoms with E-state index in [4.69, 9.17) is 14.4 Å². The molecule has 3 aromatic carbocycles. The average molecular weight is 440 g/mol. The maximum Gasteiger partial charge on any atom is 0.340 e. The number of carbonyl (C=O) groups excluding carboxylic acids is 1. The highest BCUT2D eigenvalue weighted by Crippen LogP contribution is 2.56. The van der Waals surface area contributed by atoms with E-state index in [2.05, 4.69) is 20.2 Å². The lowest BCUT2D eigenvalue weighted by Gasteiger charge is -2.36. The quantitative estimate of drug-likeness (QED) is 0.258. The van der Waals surface area contributed by atoms with Crippen molar-refractivity contribution in [3.63, 3.8) is 0 Å². The zero-order chi connectivity index (χ0) is 21.5. The summed E-state index contributed by atoms with van der Waals surface area (Å²) in [5.41, 5.74) is 5.92. The Morgan fingerprint density at radius 2 is 1.47 bits per heavy atom. The Morgan fingerprint density at radius 1 is 0.933 bits per heavy atom. The van der Waals surface area contributed by atoms with Crippen LogP contribution < -0.4 is 10.2 Å². The molecule has 2 aliphatic heterocycles. The van der Waals surface area contributed by atoms with Crippen LogP contribution in [0.3, 0.4) is 0 Å². The van der Waals surface area contributed by atoms with E-state index in [1.165, 1.54) is 24.3 Å². The molecule has 0 fully saturated rings. The van der Waals surface area contributed by atoms with Gasteiger partial charge in [-0.3, -0.25) is 5.50 Å². The molecular formula is C20H15NO7PSi. The third kappa shape index (κ3) is 3.22. The second-order valence-corrected chi connectivity index (χ2v) is 7.81. The molecule has 1 spiro atoms. The molecule has 1 unspecified atom stereocenters. The molecule has 0 saturated heterocycles. The number of ether oxygens (including phenoxy) is 2. The van der Waals surface area contributed by atoms with Crippen molar-refractivity contribution >= 4 is 25.0 Å². The number of rotatable bonds is 1.